The quantitative estimate of drug-likeness (QED) is 0.728. The molecule has 2 rings (SSSR count). The fourth-order valence-electron chi connectivity index (χ4n) is 1.52. The Labute approximate surface area is 82.8 Å². The molecule has 1 aromatic heterocycles. The van der Waals surface area contributed by atoms with Crippen molar-refractivity contribution in [1.29, 1.82) is 5.26 Å². The van der Waals surface area contributed by atoms with E-state index in [1.807, 2.05) is 16.9 Å². The molecule has 0 aromatic carbocycles. The molecule has 13 heavy (non-hydrogen) atoms. The molecule has 3 nitrogen and oxygen atoms in total. The summed E-state index contributed by atoms with van der Waals surface area (Å²) < 4.78 is 1.84. The van der Waals surface area contributed by atoms with Gasteiger partial charge >= 0.3 is 0 Å². The first-order valence-electron chi connectivity index (χ1n) is 4.46. The summed E-state index contributed by atoms with van der Waals surface area (Å²) in [6, 6.07) is 2.02. The van der Waals surface area contributed by atoms with E-state index in [0.717, 1.165) is 12.5 Å². The van der Waals surface area contributed by atoms with Crippen LogP contribution in [0.1, 0.15) is 25.0 Å². The fraction of sp³-hybridized carbons (Fsp3) is 0.556. The summed E-state index contributed by atoms with van der Waals surface area (Å²) in [5, 5.41) is 12.8. The Hall–Kier alpha value is -0.950. The zero-order valence-electron chi connectivity index (χ0n) is 7.27. The second-order valence-corrected chi connectivity index (χ2v) is 3.98. The maximum absolute atomic E-state index is 8.66. The molecule has 68 valence electrons. The minimum atomic E-state index is 0.433. The Kier molecular flexibility index (Phi) is 2.28. The van der Waals surface area contributed by atoms with Gasteiger partial charge in [0.1, 0.15) is 6.07 Å². The first-order valence-corrected chi connectivity index (χ1v) is 4.91. The van der Waals surface area contributed by atoms with Gasteiger partial charge in [-0.2, -0.15) is 10.4 Å². The van der Waals surface area contributed by atoms with Gasteiger partial charge in [0.2, 0.25) is 0 Å². The third-order valence-electron chi connectivity index (χ3n) is 2.52. The lowest BCUT2D eigenvalue weighted by Gasteiger charge is -2.24. The molecule has 0 spiro atoms. The van der Waals surface area contributed by atoms with Crippen LogP contribution < -0.4 is 0 Å². The molecule has 0 N–H and O–H groups in total. The third kappa shape index (κ3) is 1.70. The van der Waals surface area contributed by atoms with E-state index in [1.54, 1.807) is 0 Å². The largest absolute Gasteiger partial charge is 0.270 e. The average molecular weight is 193 g/mol. The van der Waals surface area contributed by atoms with Crippen LogP contribution in [-0.4, -0.2) is 9.78 Å². The van der Waals surface area contributed by atoms with E-state index in [9.17, 15) is 0 Å². The summed E-state index contributed by atoms with van der Waals surface area (Å²) in [7, 11) is 0. The highest BCUT2D eigenvalue weighted by atomic mass is 32.1. The molecule has 0 saturated heterocycles. The smallest absolute Gasteiger partial charge is 0.175 e. The van der Waals surface area contributed by atoms with Gasteiger partial charge < -0.3 is 0 Å². The summed E-state index contributed by atoms with van der Waals surface area (Å²) in [6.45, 7) is 0.940. The van der Waals surface area contributed by atoms with Gasteiger partial charge in [0.25, 0.3) is 0 Å². The molecule has 4 heteroatoms. The highest BCUT2D eigenvalue weighted by Crippen LogP contribution is 2.28. The van der Waals surface area contributed by atoms with Crippen LogP contribution in [0.4, 0.5) is 0 Å². The molecule has 1 fully saturated rings. The first-order chi connectivity index (χ1) is 6.29. The zero-order chi connectivity index (χ0) is 9.26. The number of nitrogens with zero attached hydrogens (tertiary/aromatic N) is 3. The van der Waals surface area contributed by atoms with Crippen molar-refractivity contribution in [3.05, 3.63) is 11.9 Å². The van der Waals surface area contributed by atoms with Gasteiger partial charge in [-0.1, -0.05) is 6.42 Å². The fourth-order valence-corrected chi connectivity index (χ4v) is 1.75. The van der Waals surface area contributed by atoms with Crippen LogP contribution in [0, 0.1) is 17.2 Å². The predicted molar refractivity (Wildman–Crippen MR) is 51.5 cm³/mol. The van der Waals surface area contributed by atoms with Crippen LogP contribution >= 0.6 is 12.6 Å². The van der Waals surface area contributed by atoms with E-state index in [4.69, 9.17) is 5.26 Å². The number of rotatable bonds is 2. The second-order valence-electron chi connectivity index (χ2n) is 3.49. The predicted octanol–water partition coefficient (Wildman–Crippen LogP) is 1.84. The molecule has 0 radical (unpaired) electrons. The molecule has 0 atom stereocenters. The van der Waals surface area contributed by atoms with Crippen LogP contribution in [0.15, 0.2) is 11.1 Å². The summed E-state index contributed by atoms with van der Waals surface area (Å²) in [5.74, 6) is 0.763. The SMILES string of the molecule is N#Cc1nn(CC2CCC2)cc1S. The van der Waals surface area contributed by atoms with Crippen molar-refractivity contribution in [2.24, 2.45) is 5.92 Å². The molecular formula is C9H11N3S. The Morgan fingerprint density at radius 3 is 2.92 bits per heavy atom. The van der Waals surface area contributed by atoms with Crippen LogP contribution in [0.25, 0.3) is 0 Å². The van der Waals surface area contributed by atoms with Gasteiger partial charge in [-0.25, -0.2) is 0 Å². The van der Waals surface area contributed by atoms with Crippen LogP contribution in [0.5, 0.6) is 0 Å². The minimum absolute atomic E-state index is 0.433. The summed E-state index contributed by atoms with van der Waals surface area (Å²) in [6.07, 6.45) is 5.76. The van der Waals surface area contributed by atoms with Crippen molar-refractivity contribution in [1.82, 2.24) is 9.78 Å². The highest BCUT2D eigenvalue weighted by molar-refractivity contribution is 7.80. The third-order valence-corrected chi connectivity index (χ3v) is 2.85. The molecular weight excluding hydrogens is 182 g/mol. The lowest BCUT2D eigenvalue weighted by atomic mass is 9.85. The average Bonchev–Trinajstić information content (AvgIpc) is 2.39. The maximum Gasteiger partial charge on any atom is 0.175 e. The highest BCUT2D eigenvalue weighted by Gasteiger charge is 2.18. The van der Waals surface area contributed by atoms with Crippen molar-refractivity contribution in [3.63, 3.8) is 0 Å². The Morgan fingerprint density at radius 1 is 1.69 bits per heavy atom. The lowest BCUT2D eigenvalue weighted by molar-refractivity contribution is 0.266. The molecule has 0 unspecified atom stereocenters. The number of hydrogen-bond donors (Lipinski definition) is 1. The summed E-state index contributed by atoms with van der Waals surface area (Å²) >= 11 is 4.16. The molecule has 1 heterocycles. The second kappa shape index (κ2) is 3.43. The Balaban J connectivity index is 2.08. The molecule has 1 aromatic rings. The van der Waals surface area contributed by atoms with Crippen LogP contribution in [-0.2, 0) is 6.54 Å². The minimum Gasteiger partial charge on any atom is -0.270 e. The Bertz CT molecular complexity index is 346. The molecule has 1 saturated carbocycles. The number of nitriles is 1. The Morgan fingerprint density at radius 2 is 2.46 bits per heavy atom. The van der Waals surface area contributed by atoms with E-state index < -0.39 is 0 Å². The zero-order valence-corrected chi connectivity index (χ0v) is 8.17. The normalized spacial score (nSPS) is 16.6. The number of thiol groups is 1. The van der Waals surface area contributed by atoms with Crippen molar-refractivity contribution in [2.45, 2.75) is 30.7 Å². The first kappa shape index (κ1) is 8.64. The van der Waals surface area contributed by atoms with E-state index in [-0.39, 0.29) is 0 Å². The maximum atomic E-state index is 8.66. The molecule has 0 aliphatic heterocycles. The standard InChI is InChI=1S/C9H11N3S/c10-4-8-9(13)6-12(11-8)5-7-2-1-3-7/h6-7,13H,1-3,5H2. The monoisotopic (exact) mass is 193 g/mol. The summed E-state index contributed by atoms with van der Waals surface area (Å²) in [5.41, 5.74) is 0.433. The van der Waals surface area contributed by atoms with E-state index in [1.165, 1.54) is 19.3 Å². The summed E-state index contributed by atoms with van der Waals surface area (Å²) in [4.78, 5) is 0.682. The van der Waals surface area contributed by atoms with Crippen molar-refractivity contribution in [2.75, 3.05) is 0 Å². The van der Waals surface area contributed by atoms with Crippen LogP contribution in [0.3, 0.4) is 0 Å². The van der Waals surface area contributed by atoms with E-state index >= 15 is 0 Å². The van der Waals surface area contributed by atoms with Crippen molar-refractivity contribution < 1.29 is 0 Å². The van der Waals surface area contributed by atoms with Gasteiger partial charge in [-0.3, -0.25) is 4.68 Å². The van der Waals surface area contributed by atoms with Crippen LogP contribution in [0.2, 0.25) is 0 Å². The topological polar surface area (TPSA) is 41.6 Å². The van der Waals surface area contributed by atoms with Gasteiger partial charge in [-0.05, 0) is 18.8 Å². The molecule has 1 aliphatic rings. The van der Waals surface area contributed by atoms with Gasteiger partial charge in [0.15, 0.2) is 5.69 Å². The number of hydrogen-bond acceptors (Lipinski definition) is 3. The van der Waals surface area contributed by atoms with E-state index in [0.29, 0.717) is 10.6 Å². The van der Waals surface area contributed by atoms with Crippen molar-refractivity contribution >= 4 is 12.6 Å². The molecule has 1 aliphatic carbocycles. The lowest BCUT2D eigenvalue weighted by Crippen LogP contribution is -2.18. The number of aromatic nitrogens is 2. The van der Waals surface area contributed by atoms with Crippen molar-refractivity contribution in [3.8, 4) is 6.07 Å². The van der Waals surface area contributed by atoms with Gasteiger partial charge in [0.05, 0.1) is 4.90 Å². The van der Waals surface area contributed by atoms with Gasteiger partial charge in [0, 0.05) is 12.7 Å². The van der Waals surface area contributed by atoms with E-state index in [2.05, 4.69) is 17.7 Å². The molecule has 0 bridgehead atoms. The van der Waals surface area contributed by atoms with Gasteiger partial charge in [-0.15, -0.1) is 12.6 Å². The molecule has 0 amide bonds.